The Morgan fingerprint density at radius 3 is 2.81 bits per heavy atom. The number of hydrogen-bond acceptors (Lipinski definition) is 14. The van der Waals surface area contributed by atoms with Crippen LogP contribution in [0.1, 0.15) is 18.5 Å². The van der Waals surface area contributed by atoms with E-state index in [1.54, 1.807) is 4.90 Å². The fraction of sp³-hybridized carbons (Fsp3) is 0.474. The second-order valence-corrected chi connectivity index (χ2v) is 9.90. The predicted octanol–water partition coefficient (Wildman–Crippen LogP) is -5.73. The third kappa shape index (κ3) is 4.68. The molecule has 17 heteroatoms. The number of nitrogen functional groups attached to an aromatic ring is 1. The second-order valence-electron chi connectivity index (χ2n) is 7.95. The van der Waals surface area contributed by atoms with Crippen molar-refractivity contribution < 1.29 is 68.9 Å². The molecule has 1 aromatic heterocycles. The summed E-state index contributed by atoms with van der Waals surface area (Å²) in [7, 11) is 0. The molecule has 36 heavy (non-hydrogen) atoms. The first kappa shape index (κ1) is 28.2. The summed E-state index contributed by atoms with van der Waals surface area (Å²) in [4.78, 5) is 56.1. The molecule has 2 fully saturated rings. The summed E-state index contributed by atoms with van der Waals surface area (Å²) in [6, 6.07) is -0.287. The summed E-state index contributed by atoms with van der Waals surface area (Å²) in [6.07, 6.45) is 1.41. The molecule has 188 valence electrons. The van der Waals surface area contributed by atoms with Gasteiger partial charge in [-0.3, -0.25) is 19.3 Å². The van der Waals surface area contributed by atoms with Crippen molar-refractivity contribution in [2.24, 2.45) is 5.16 Å². The molecule has 0 aromatic carbocycles. The number of anilines is 1. The third-order valence-corrected chi connectivity index (χ3v) is 8.11. The summed E-state index contributed by atoms with van der Waals surface area (Å²) in [5, 5.41) is 37.1. The van der Waals surface area contributed by atoms with Gasteiger partial charge in [-0.2, -0.15) is 0 Å². The molecule has 0 radical (unpaired) electrons. The molecule has 0 saturated carbocycles. The standard InChI is InChI=1S/C19H22N6O8S2.Na/c20-18-21-10(5-35-18)12(23-32)14(28)22-19(7-33-8-27)16(31)25-13(15(29)30)11(6-34-17(19)25)24-3-1-2-9(24)4-26;/h5,8-9,17,26,32H,1-4,6-7H2,(H2,20,21)(H,22,28)(H,29,30);/q;+1/p-1/b23-12-;/t9-,17-,19?;/m0./s1. The first-order valence-corrected chi connectivity index (χ1v) is 12.3. The van der Waals surface area contributed by atoms with Crippen LogP contribution in [0.5, 0.6) is 0 Å². The molecule has 4 heterocycles. The average molecular weight is 549 g/mol. The number of carbonyl (C=O) groups is 4. The van der Waals surface area contributed by atoms with E-state index in [4.69, 9.17) is 10.5 Å². The Morgan fingerprint density at radius 2 is 2.22 bits per heavy atom. The van der Waals surface area contributed by atoms with Gasteiger partial charge in [0.05, 0.1) is 24.3 Å². The number of carboxylic acid groups (broad SMARTS) is 1. The first-order chi connectivity index (χ1) is 16.8. The Bertz CT molecular complexity index is 1130. The van der Waals surface area contributed by atoms with E-state index in [9.17, 15) is 34.6 Å². The zero-order valence-electron chi connectivity index (χ0n) is 19.1. The maximum absolute atomic E-state index is 13.4. The predicted molar refractivity (Wildman–Crippen MR) is 120 cm³/mol. The number of oxime groups is 1. The molecule has 5 N–H and O–H groups in total. The van der Waals surface area contributed by atoms with Crippen LogP contribution in [0.4, 0.5) is 5.13 Å². The van der Waals surface area contributed by atoms with Crippen molar-refractivity contribution in [2.45, 2.75) is 29.8 Å². The van der Waals surface area contributed by atoms with Crippen LogP contribution in [0.3, 0.4) is 0 Å². The van der Waals surface area contributed by atoms with E-state index >= 15 is 0 Å². The van der Waals surface area contributed by atoms with Crippen molar-refractivity contribution >= 4 is 58.2 Å². The number of rotatable bonds is 9. The van der Waals surface area contributed by atoms with Gasteiger partial charge in [-0.15, -0.1) is 23.1 Å². The Balaban J connectivity index is 0.00000361. The molecule has 4 rings (SSSR count). The monoisotopic (exact) mass is 548 g/mol. The van der Waals surface area contributed by atoms with E-state index < -0.39 is 41.0 Å². The Labute approximate surface area is 234 Å². The van der Waals surface area contributed by atoms with Crippen LogP contribution >= 0.6 is 23.1 Å². The van der Waals surface area contributed by atoms with Crippen molar-refractivity contribution in [3.8, 4) is 0 Å². The van der Waals surface area contributed by atoms with Crippen LogP contribution < -0.4 is 45.7 Å². The minimum atomic E-state index is -1.84. The number of carbonyl (C=O) groups excluding carboxylic acids is 4. The number of aliphatic hydroxyl groups excluding tert-OH is 1. The topological polar surface area (TPSA) is 211 Å². The van der Waals surface area contributed by atoms with Gasteiger partial charge in [0, 0.05) is 23.4 Å². The number of hydrogen-bond donors (Lipinski definition) is 4. The summed E-state index contributed by atoms with van der Waals surface area (Å²) in [5.74, 6) is -3.31. The number of thioether (sulfide) groups is 1. The third-order valence-electron chi connectivity index (χ3n) is 6.07. The van der Waals surface area contributed by atoms with Crippen molar-refractivity contribution in [2.75, 3.05) is 31.2 Å². The largest absolute Gasteiger partial charge is 1.00 e. The van der Waals surface area contributed by atoms with Gasteiger partial charge in [0.1, 0.15) is 17.7 Å². The van der Waals surface area contributed by atoms with E-state index in [0.29, 0.717) is 18.7 Å². The molecule has 0 spiro atoms. The maximum Gasteiger partial charge on any atom is 1.00 e. The van der Waals surface area contributed by atoms with Crippen molar-refractivity contribution in [1.29, 1.82) is 0 Å². The number of fused-ring (bicyclic) bond motifs is 1. The summed E-state index contributed by atoms with van der Waals surface area (Å²) in [5.41, 5.74) is 3.13. The zero-order chi connectivity index (χ0) is 25.3. The number of aliphatic hydroxyl groups is 1. The SMILES string of the molecule is Nc1nc(/C(=N/O)C(=O)NC2(COC=O)C(=O)N3C(C(=O)[O-])=C(N4CCC[C@H]4CO)CS[C@H]32)cs1.[Na+]. The number of nitrogens with two attached hydrogens (primary N) is 1. The molecule has 1 aromatic rings. The van der Waals surface area contributed by atoms with E-state index in [2.05, 4.69) is 15.5 Å². The number of likely N-dealkylation sites (tertiary alicyclic amines) is 1. The number of nitrogens with one attached hydrogen (secondary N) is 1. The molecule has 2 saturated heterocycles. The van der Waals surface area contributed by atoms with Gasteiger partial charge in [0.15, 0.2) is 16.4 Å². The fourth-order valence-electron chi connectivity index (χ4n) is 4.52. The van der Waals surface area contributed by atoms with Crippen LogP contribution in [0.2, 0.25) is 0 Å². The van der Waals surface area contributed by atoms with Gasteiger partial charge >= 0.3 is 29.6 Å². The molecule has 2 amide bonds. The minimum Gasteiger partial charge on any atom is -0.543 e. The fourth-order valence-corrected chi connectivity index (χ4v) is 6.55. The minimum absolute atomic E-state index is 0. The number of aromatic nitrogens is 1. The molecule has 1 unspecified atom stereocenters. The molecular formula is C19H21N6NaO8S2. The van der Waals surface area contributed by atoms with E-state index in [0.717, 1.165) is 34.4 Å². The Kier molecular flexibility index (Phi) is 8.89. The van der Waals surface area contributed by atoms with Crippen LogP contribution in [0.25, 0.3) is 0 Å². The summed E-state index contributed by atoms with van der Waals surface area (Å²) >= 11 is 2.15. The van der Waals surface area contributed by atoms with Gasteiger partial charge in [0.25, 0.3) is 18.3 Å². The number of carboxylic acids is 1. The van der Waals surface area contributed by atoms with Gasteiger partial charge in [-0.05, 0) is 12.8 Å². The van der Waals surface area contributed by atoms with Crippen LogP contribution in [0.15, 0.2) is 21.9 Å². The number of ether oxygens (including phenoxy) is 1. The second kappa shape index (κ2) is 11.4. The van der Waals surface area contributed by atoms with Crippen molar-refractivity contribution in [3.05, 3.63) is 22.5 Å². The number of nitrogens with zero attached hydrogens (tertiary/aromatic N) is 4. The van der Waals surface area contributed by atoms with Crippen LogP contribution in [-0.2, 0) is 23.9 Å². The van der Waals surface area contributed by atoms with Crippen molar-refractivity contribution in [3.63, 3.8) is 0 Å². The van der Waals surface area contributed by atoms with E-state index in [-0.39, 0.29) is 71.0 Å². The van der Waals surface area contributed by atoms with E-state index in [1.807, 2.05) is 0 Å². The van der Waals surface area contributed by atoms with Crippen LogP contribution in [-0.4, -0.2) is 97.5 Å². The quantitative estimate of drug-likeness (QED) is 0.0568. The molecule has 14 nitrogen and oxygen atoms in total. The number of β-lactam (4-membered cyclic amide) rings is 1. The summed E-state index contributed by atoms with van der Waals surface area (Å²) < 4.78 is 4.83. The van der Waals surface area contributed by atoms with Crippen molar-refractivity contribution in [1.82, 2.24) is 20.1 Å². The molecule has 0 bridgehead atoms. The van der Waals surface area contributed by atoms with Gasteiger partial charge in [-0.1, -0.05) is 5.16 Å². The first-order valence-electron chi connectivity index (χ1n) is 10.4. The molecule has 3 aliphatic heterocycles. The van der Waals surface area contributed by atoms with Gasteiger partial charge in [0.2, 0.25) is 0 Å². The van der Waals surface area contributed by atoms with Crippen LogP contribution in [0, 0.1) is 0 Å². The molecule has 3 atom stereocenters. The van der Waals surface area contributed by atoms with Gasteiger partial charge in [-0.25, -0.2) is 4.98 Å². The molecule has 0 aliphatic carbocycles. The van der Waals surface area contributed by atoms with E-state index in [1.165, 1.54) is 5.38 Å². The average Bonchev–Trinajstić information content (AvgIpc) is 3.49. The Hall–Kier alpha value is -2.37. The zero-order valence-corrected chi connectivity index (χ0v) is 22.7. The number of thiazole rings is 1. The molecular weight excluding hydrogens is 527 g/mol. The number of amides is 2. The smallest absolute Gasteiger partial charge is 0.543 e. The van der Waals surface area contributed by atoms with Gasteiger partial charge < -0.3 is 40.9 Å². The summed E-state index contributed by atoms with van der Waals surface area (Å²) in [6.45, 7) is -0.167. The molecule has 3 aliphatic rings. The normalized spacial score (nSPS) is 25.6. The Morgan fingerprint density at radius 1 is 1.47 bits per heavy atom. The maximum atomic E-state index is 13.4. The number of aliphatic carboxylic acids is 1.